The van der Waals surface area contributed by atoms with Gasteiger partial charge in [0.1, 0.15) is 0 Å². The molecule has 0 aliphatic heterocycles. The van der Waals surface area contributed by atoms with E-state index in [9.17, 15) is 4.79 Å². The number of rotatable bonds is 3. The van der Waals surface area contributed by atoms with Crippen LogP contribution in [0, 0.1) is 0 Å². The summed E-state index contributed by atoms with van der Waals surface area (Å²) in [5.41, 5.74) is 0. The molecule has 0 fully saturated rings. The first-order valence-corrected chi connectivity index (χ1v) is 22.2. The molecule has 0 unspecified atom stereocenters. The Hall–Kier alpha value is 1.82. The van der Waals surface area contributed by atoms with Crippen LogP contribution in [-0.4, -0.2) is 68.4 Å². The Morgan fingerprint density at radius 2 is 2.25 bits per heavy atom. The summed E-state index contributed by atoms with van der Waals surface area (Å²) in [6.07, 6.45) is 0. The fourth-order valence-electron chi connectivity index (χ4n) is 0.202. The van der Waals surface area contributed by atoms with Crippen molar-refractivity contribution in [3.8, 4) is 0 Å². The normalized spacial score (nSPS) is 8.38. The van der Waals surface area contributed by atoms with Crippen LogP contribution in [0.25, 0.3) is 0 Å². The summed E-state index contributed by atoms with van der Waals surface area (Å²) < 4.78 is 3.60. The van der Waals surface area contributed by atoms with Crippen molar-refractivity contribution < 1.29 is 9.90 Å². The molecule has 0 rings (SSSR count). The second kappa shape index (κ2) is 6.93. The van der Waals surface area contributed by atoms with Crippen LogP contribution in [0.1, 0.15) is 0 Å². The van der Waals surface area contributed by atoms with E-state index in [4.69, 9.17) is 5.11 Å². The summed E-state index contributed by atoms with van der Waals surface area (Å²) in [7, 11) is 0. The first-order valence-electron chi connectivity index (χ1n) is 2.05. The number of carbonyl (C=O) groups is 1. The van der Waals surface area contributed by atoms with Crippen LogP contribution < -0.4 is 0 Å². The van der Waals surface area contributed by atoms with E-state index < -0.39 is 26.6 Å². The third-order valence-electron chi connectivity index (χ3n) is 0.461. The molecule has 0 aromatic rings. The van der Waals surface area contributed by atoms with Crippen LogP contribution in [0.15, 0.2) is 7.67 Å². The molecule has 0 aromatic carbocycles. The third kappa shape index (κ3) is 7.82. The minimum atomic E-state index is -1.26. The quantitative estimate of drug-likeness (QED) is 0.683. The number of hydrogen-bond acceptors (Lipinski definition) is 1. The van der Waals surface area contributed by atoms with Crippen molar-refractivity contribution in [1.82, 2.24) is 0 Å². The third-order valence-corrected chi connectivity index (χ3v) is 11.6. The summed E-state index contributed by atoms with van der Waals surface area (Å²) in [6, 6.07) is 0. The average molecular weight is 416 g/mol. The van der Waals surface area contributed by atoms with E-state index in [2.05, 4.69) is 3.83 Å². The first kappa shape index (κ1) is 9.82. The zero-order chi connectivity index (χ0) is 6.41. The van der Waals surface area contributed by atoms with Crippen LogP contribution in [-0.2, 0) is 0 Å². The van der Waals surface area contributed by atoms with Gasteiger partial charge in [-0.05, 0) is 0 Å². The maximum atomic E-state index is 9.94. The number of hydrogen-bond donors (Lipinski definition) is 1. The molecule has 2 radical (unpaired) electrons. The molecule has 0 saturated carbocycles. The predicted octanol–water partition coefficient (Wildman–Crippen LogP) is -0.373. The topological polar surface area (TPSA) is 37.3 Å². The van der Waals surface area contributed by atoms with Crippen molar-refractivity contribution in [2.75, 3.05) is 0 Å². The zero-order valence-electron chi connectivity index (χ0n) is 4.24. The van der Waals surface area contributed by atoms with Gasteiger partial charge >= 0.3 is 80.8 Å². The Bertz CT molecular complexity index is 120. The Balaban J connectivity index is 3.29. The molecule has 0 atom stereocenters. The molecule has 0 saturated heterocycles. The Kier molecular flexibility index (Phi) is 8.51. The van der Waals surface area contributed by atoms with Gasteiger partial charge in [0.25, 0.3) is 0 Å². The average Bonchev–Trinajstić information content (AvgIpc) is 1.66. The molecule has 0 bridgehead atoms. The number of carboxylic acid groups (broad SMARTS) is 1. The van der Waals surface area contributed by atoms with E-state index in [1.54, 1.807) is 0 Å². The van der Waals surface area contributed by atoms with Gasteiger partial charge in [0.2, 0.25) is 0 Å². The van der Waals surface area contributed by atoms with Gasteiger partial charge in [0.05, 0.1) is 0 Å². The molecule has 0 heterocycles. The van der Waals surface area contributed by atoms with Crippen LogP contribution in [0.4, 0.5) is 4.79 Å². The van der Waals surface area contributed by atoms with Crippen molar-refractivity contribution in [3.63, 3.8) is 0 Å². The molecular formula is C3H3In3O2. The Morgan fingerprint density at radius 1 is 1.62 bits per heavy atom. The second-order valence-corrected chi connectivity index (χ2v) is 14.1. The van der Waals surface area contributed by atoms with Crippen molar-refractivity contribution >= 4 is 63.3 Å². The van der Waals surface area contributed by atoms with Crippen LogP contribution in [0.2, 0.25) is 0 Å². The van der Waals surface area contributed by atoms with Gasteiger partial charge < -0.3 is 0 Å². The standard InChI is InChI=1S/C2H2.CHO2.3In/c1-2;2-1-3;;;/h1-2H;(H,2,3);;;. The molecule has 0 spiro atoms. The SMILES string of the molecule is O=[C](O)[In]/[CH]=[CH]\[In]=[In]. The van der Waals surface area contributed by atoms with E-state index in [1.165, 1.54) is 19.1 Å². The van der Waals surface area contributed by atoms with E-state index in [1.807, 2.05) is 3.83 Å². The molecule has 8 heavy (non-hydrogen) atoms. The first-order chi connectivity index (χ1) is 3.77. The van der Waals surface area contributed by atoms with Crippen LogP contribution in [0.5, 0.6) is 0 Å². The van der Waals surface area contributed by atoms with Gasteiger partial charge in [-0.2, -0.15) is 0 Å². The Morgan fingerprint density at radius 3 is 2.62 bits per heavy atom. The molecule has 0 aliphatic rings. The predicted molar refractivity (Wildman–Crippen MR) is 34.4 cm³/mol. The van der Waals surface area contributed by atoms with E-state index >= 15 is 0 Å². The van der Waals surface area contributed by atoms with Gasteiger partial charge in [0, 0.05) is 0 Å². The maximum absolute atomic E-state index is 9.94. The van der Waals surface area contributed by atoms with E-state index in [0.29, 0.717) is 0 Å². The summed E-state index contributed by atoms with van der Waals surface area (Å²) in [6.45, 7) is 0. The van der Waals surface area contributed by atoms with Gasteiger partial charge in [-0.1, -0.05) is 0 Å². The zero-order valence-corrected chi connectivity index (χ0v) is 14.1. The molecule has 0 aromatic heterocycles. The summed E-state index contributed by atoms with van der Waals surface area (Å²) in [4.78, 5) is 9.94. The van der Waals surface area contributed by atoms with Gasteiger partial charge in [-0.25, -0.2) is 0 Å². The van der Waals surface area contributed by atoms with Gasteiger partial charge in [-0.3, -0.25) is 0 Å². The summed E-state index contributed by atoms with van der Waals surface area (Å²) in [5, 5.41) is 8.21. The van der Waals surface area contributed by atoms with E-state index in [0.717, 1.165) is 0 Å². The van der Waals surface area contributed by atoms with Gasteiger partial charge in [-0.15, -0.1) is 0 Å². The Labute approximate surface area is 79.3 Å². The molecular weight excluding hydrogens is 412 g/mol. The molecule has 2 nitrogen and oxygen atoms in total. The van der Waals surface area contributed by atoms with Crippen LogP contribution >= 0.6 is 0 Å². The van der Waals surface area contributed by atoms with Crippen LogP contribution in [0.3, 0.4) is 0 Å². The molecule has 1 N–H and O–H groups in total. The minimum absolute atomic E-state index is 0.257. The summed E-state index contributed by atoms with van der Waals surface area (Å²) in [5.74, 6) is 0. The van der Waals surface area contributed by atoms with Gasteiger partial charge in [0.15, 0.2) is 0 Å². The monoisotopic (exact) mass is 416 g/mol. The van der Waals surface area contributed by atoms with Crippen molar-refractivity contribution in [3.05, 3.63) is 7.67 Å². The molecule has 0 amide bonds. The molecule has 36 valence electrons. The van der Waals surface area contributed by atoms with E-state index in [-0.39, 0.29) is 17.6 Å². The summed E-state index contributed by atoms with van der Waals surface area (Å²) >= 11 is -0.119. The van der Waals surface area contributed by atoms with Crippen molar-refractivity contribution in [2.45, 2.75) is 0 Å². The second-order valence-electron chi connectivity index (χ2n) is 1.08. The fraction of sp³-hybridized carbons (Fsp3) is 0. The van der Waals surface area contributed by atoms with Crippen molar-refractivity contribution in [1.29, 1.82) is 0 Å². The molecule has 5 heteroatoms. The fourth-order valence-corrected chi connectivity index (χ4v) is 22.4. The molecule has 0 aliphatic carbocycles. The van der Waals surface area contributed by atoms with Crippen molar-refractivity contribution in [2.24, 2.45) is 0 Å².